The predicted octanol–water partition coefficient (Wildman–Crippen LogP) is 3.85. The van der Waals surface area contributed by atoms with E-state index in [2.05, 4.69) is 6.92 Å². The highest BCUT2D eigenvalue weighted by Crippen LogP contribution is 2.21. The fourth-order valence-corrected chi connectivity index (χ4v) is 3.67. The van der Waals surface area contributed by atoms with Gasteiger partial charge in [0.05, 0.1) is 0 Å². The lowest BCUT2D eigenvalue weighted by Gasteiger charge is -2.38. The van der Waals surface area contributed by atoms with Crippen LogP contribution in [-0.2, 0) is 0 Å². The Morgan fingerprint density at radius 1 is 1.04 bits per heavy atom. The molecule has 2 amide bonds. The van der Waals surface area contributed by atoms with Crippen LogP contribution in [0.3, 0.4) is 0 Å². The second-order valence-corrected chi connectivity index (χ2v) is 7.01. The maximum absolute atomic E-state index is 13.0. The van der Waals surface area contributed by atoms with Crippen LogP contribution in [0.4, 0.5) is 5.69 Å². The normalized spacial score (nSPS) is 14.2. The standard InChI is InChI=1S/C22H27N3O2.ClH/c1-2-13-25(22(27)18-9-6-10-19(23)16-18)20-11-14-24(15-12-20)21(26)17-7-4-3-5-8-17;/h3-10,16,20H,2,11-15,23H2,1H3;1H. The van der Waals surface area contributed by atoms with Crippen molar-refractivity contribution in [1.29, 1.82) is 0 Å². The molecule has 1 aliphatic rings. The van der Waals surface area contributed by atoms with Crippen molar-refractivity contribution in [2.24, 2.45) is 0 Å². The molecule has 0 radical (unpaired) electrons. The lowest BCUT2D eigenvalue weighted by Crippen LogP contribution is -2.49. The zero-order chi connectivity index (χ0) is 19.2. The number of rotatable bonds is 5. The van der Waals surface area contributed by atoms with Gasteiger partial charge in [-0.25, -0.2) is 0 Å². The van der Waals surface area contributed by atoms with E-state index in [1.54, 1.807) is 12.1 Å². The minimum atomic E-state index is 0. The van der Waals surface area contributed by atoms with Crippen LogP contribution in [-0.4, -0.2) is 47.3 Å². The predicted molar refractivity (Wildman–Crippen MR) is 115 cm³/mol. The van der Waals surface area contributed by atoms with Crippen molar-refractivity contribution in [1.82, 2.24) is 9.80 Å². The molecule has 2 N–H and O–H groups in total. The summed E-state index contributed by atoms with van der Waals surface area (Å²) in [5, 5.41) is 0. The van der Waals surface area contributed by atoms with E-state index in [1.807, 2.05) is 52.3 Å². The number of carbonyl (C=O) groups is 2. The third-order valence-corrected chi connectivity index (χ3v) is 5.07. The number of nitrogen functional groups attached to an aromatic ring is 1. The van der Waals surface area contributed by atoms with E-state index in [0.717, 1.165) is 24.8 Å². The van der Waals surface area contributed by atoms with Crippen LogP contribution < -0.4 is 5.73 Å². The van der Waals surface area contributed by atoms with Gasteiger partial charge in [-0.15, -0.1) is 12.4 Å². The van der Waals surface area contributed by atoms with Gasteiger partial charge in [0.25, 0.3) is 11.8 Å². The number of likely N-dealkylation sites (tertiary alicyclic amines) is 1. The number of benzene rings is 2. The number of halogens is 1. The molecular weight excluding hydrogens is 374 g/mol. The molecule has 0 aliphatic carbocycles. The first-order valence-electron chi connectivity index (χ1n) is 9.61. The third-order valence-electron chi connectivity index (χ3n) is 5.07. The molecule has 150 valence electrons. The largest absolute Gasteiger partial charge is 0.399 e. The Bertz CT molecular complexity index is 789. The van der Waals surface area contributed by atoms with Crippen molar-refractivity contribution in [2.75, 3.05) is 25.4 Å². The van der Waals surface area contributed by atoms with Gasteiger partial charge in [-0.1, -0.05) is 31.2 Å². The molecule has 1 saturated heterocycles. The molecule has 1 heterocycles. The van der Waals surface area contributed by atoms with Crippen LogP contribution in [0.15, 0.2) is 54.6 Å². The summed E-state index contributed by atoms with van der Waals surface area (Å²) in [7, 11) is 0. The van der Waals surface area contributed by atoms with Gasteiger partial charge < -0.3 is 15.5 Å². The van der Waals surface area contributed by atoms with Crippen molar-refractivity contribution >= 4 is 29.9 Å². The zero-order valence-electron chi connectivity index (χ0n) is 16.2. The number of nitrogens with zero attached hydrogens (tertiary/aromatic N) is 2. The molecule has 0 bridgehead atoms. The van der Waals surface area contributed by atoms with Gasteiger partial charge in [0.1, 0.15) is 0 Å². The number of carbonyl (C=O) groups excluding carboxylic acids is 2. The van der Waals surface area contributed by atoms with E-state index in [-0.39, 0.29) is 30.3 Å². The van der Waals surface area contributed by atoms with E-state index in [1.165, 1.54) is 0 Å². The molecule has 2 aromatic rings. The molecular formula is C22H28ClN3O2. The highest BCUT2D eigenvalue weighted by atomic mass is 35.5. The maximum atomic E-state index is 13.0. The second kappa shape index (κ2) is 10.1. The molecule has 0 aromatic heterocycles. The average Bonchev–Trinajstić information content (AvgIpc) is 2.72. The van der Waals surface area contributed by atoms with Crippen LogP contribution in [0.2, 0.25) is 0 Å². The smallest absolute Gasteiger partial charge is 0.254 e. The minimum Gasteiger partial charge on any atom is -0.399 e. The van der Waals surface area contributed by atoms with Gasteiger partial charge in [0.15, 0.2) is 0 Å². The summed E-state index contributed by atoms with van der Waals surface area (Å²) in [6.45, 7) is 4.13. The Kier molecular flexibility index (Phi) is 7.88. The Balaban J connectivity index is 0.00000280. The summed E-state index contributed by atoms with van der Waals surface area (Å²) >= 11 is 0. The quantitative estimate of drug-likeness (QED) is 0.774. The second-order valence-electron chi connectivity index (χ2n) is 7.01. The Morgan fingerprint density at radius 3 is 2.29 bits per heavy atom. The first-order valence-corrected chi connectivity index (χ1v) is 9.61. The SMILES string of the molecule is CCCN(C(=O)c1cccc(N)c1)C1CCN(C(=O)c2ccccc2)CC1.Cl. The molecule has 0 unspecified atom stereocenters. The van der Waals surface area contributed by atoms with E-state index in [0.29, 0.717) is 30.9 Å². The molecule has 2 aromatic carbocycles. The molecule has 1 aliphatic heterocycles. The fourth-order valence-electron chi connectivity index (χ4n) is 3.67. The molecule has 0 saturated carbocycles. The number of piperidine rings is 1. The van der Waals surface area contributed by atoms with Crippen LogP contribution >= 0.6 is 12.4 Å². The molecule has 28 heavy (non-hydrogen) atoms. The first-order chi connectivity index (χ1) is 13.1. The van der Waals surface area contributed by atoms with Gasteiger partial charge in [-0.3, -0.25) is 9.59 Å². The van der Waals surface area contributed by atoms with Crippen LogP contribution in [0.5, 0.6) is 0 Å². The summed E-state index contributed by atoms with van der Waals surface area (Å²) in [6.07, 6.45) is 2.50. The first kappa shape index (κ1) is 21.8. The highest BCUT2D eigenvalue weighted by molar-refractivity contribution is 5.95. The summed E-state index contributed by atoms with van der Waals surface area (Å²) in [5.74, 6) is 0.0928. The number of nitrogens with two attached hydrogens (primary N) is 1. The van der Waals surface area contributed by atoms with E-state index in [4.69, 9.17) is 5.73 Å². The highest BCUT2D eigenvalue weighted by Gasteiger charge is 2.30. The number of hydrogen-bond donors (Lipinski definition) is 1. The summed E-state index contributed by atoms with van der Waals surface area (Å²) < 4.78 is 0. The molecule has 6 heteroatoms. The Labute approximate surface area is 172 Å². The molecule has 3 rings (SSSR count). The number of amides is 2. The molecule has 1 fully saturated rings. The summed E-state index contributed by atoms with van der Waals surface area (Å²) in [5.41, 5.74) is 7.79. The van der Waals surface area contributed by atoms with E-state index in [9.17, 15) is 9.59 Å². The van der Waals surface area contributed by atoms with Crippen molar-refractivity contribution < 1.29 is 9.59 Å². The van der Waals surface area contributed by atoms with Gasteiger partial charge in [-0.05, 0) is 49.6 Å². The van der Waals surface area contributed by atoms with Crippen molar-refractivity contribution in [3.05, 3.63) is 65.7 Å². The zero-order valence-corrected chi connectivity index (χ0v) is 17.0. The average molecular weight is 402 g/mol. The molecule has 5 nitrogen and oxygen atoms in total. The van der Waals surface area contributed by atoms with E-state index < -0.39 is 0 Å². The summed E-state index contributed by atoms with van der Waals surface area (Å²) in [6, 6.07) is 16.7. The molecule has 0 atom stereocenters. The van der Waals surface area contributed by atoms with Crippen molar-refractivity contribution in [3.8, 4) is 0 Å². The van der Waals surface area contributed by atoms with Gasteiger partial charge in [-0.2, -0.15) is 0 Å². The van der Waals surface area contributed by atoms with Gasteiger partial charge in [0, 0.05) is 42.5 Å². The summed E-state index contributed by atoms with van der Waals surface area (Å²) in [4.78, 5) is 29.5. The topological polar surface area (TPSA) is 66.6 Å². The van der Waals surface area contributed by atoms with Crippen molar-refractivity contribution in [3.63, 3.8) is 0 Å². The number of anilines is 1. The van der Waals surface area contributed by atoms with Gasteiger partial charge in [0.2, 0.25) is 0 Å². The van der Waals surface area contributed by atoms with Crippen LogP contribution in [0, 0.1) is 0 Å². The molecule has 0 spiro atoms. The fraction of sp³-hybridized carbons (Fsp3) is 0.364. The monoisotopic (exact) mass is 401 g/mol. The van der Waals surface area contributed by atoms with Crippen molar-refractivity contribution in [2.45, 2.75) is 32.2 Å². The number of hydrogen-bond acceptors (Lipinski definition) is 3. The van der Waals surface area contributed by atoms with Crippen LogP contribution in [0.25, 0.3) is 0 Å². The van der Waals surface area contributed by atoms with Gasteiger partial charge >= 0.3 is 0 Å². The lowest BCUT2D eigenvalue weighted by molar-refractivity contribution is 0.0519. The Hall–Kier alpha value is -2.53. The maximum Gasteiger partial charge on any atom is 0.254 e. The van der Waals surface area contributed by atoms with Crippen LogP contribution in [0.1, 0.15) is 46.9 Å². The third kappa shape index (κ3) is 5.04. The minimum absolute atomic E-state index is 0. The Morgan fingerprint density at radius 2 is 1.68 bits per heavy atom. The van der Waals surface area contributed by atoms with E-state index >= 15 is 0 Å². The lowest BCUT2D eigenvalue weighted by atomic mass is 10.0.